The first-order valence-corrected chi connectivity index (χ1v) is 6.81. The quantitative estimate of drug-likeness (QED) is 0.830. The van der Waals surface area contributed by atoms with Crippen LogP contribution in [-0.4, -0.2) is 29.1 Å². The molecule has 3 rings (SSSR count). The molecule has 2 fully saturated rings. The highest BCUT2D eigenvalue weighted by Gasteiger charge is 2.48. The molecule has 3 heteroatoms. The Morgan fingerprint density at radius 3 is 2.88 bits per heavy atom. The number of piperidine rings is 1. The Bertz CT molecular complexity index is 422. The van der Waals surface area contributed by atoms with E-state index < -0.39 is 5.60 Å². The van der Waals surface area contributed by atoms with E-state index in [4.69, 9.17) is 11.6 Å². The molecule has 17 heavy (non-hydrogen) atoms. The van der Waals surface area contributed by atoms with Crippen molar-refractivity contribution in [2.24, 2.45) is 0 Å². The van der Waals surface area contributed by atoms with Gasteiger partial charge in [-0.25, -0.2) is 0 Å². The predicted molar refractivity (Wildman–Crippen MR) is 69.2 cm³/mol. The summed E-state index contributed by atoms with van der Waals surface area (Å²) in [4.78, 5) is 2.42. The highest BCUT2D eigenvalue weighted by Crippen LogP contribution is 2.44. The van der Waals surface area contributed by atoms with Crippen molar-refractivity contribution in [3.05, 3.63) is 34.9 Å². The second kappa shape index (κ2) is 4.27. The molecule has 0 amide bonds. The summed E-state index contributed by atoms with van der Waals surface area (Å²) in [6.45, 7) is 2.11. The van der Waals surface area contributed by atoms with Crippen molar-refractivity contribution in [1.29, 1.82) is 0 Å². The van der Waals surface area contributed by atoms with Crippen LogP contribution in [0.25, 0.3) is 0 Å². The van der Waals surface area contributed by atoms with Gasteiger partial charge in [0.25, 0.3) is 0 Å². The molecule has 2 nitrogen and oxygen atoms in total. The first-order chi connectivity index (χ1) is 8.22. The largest absolute Gasteiger partial charge is 0.383 e. The lowest BCUT2D eigenvalue weighted by Crippen LogP contribution is -2.45. The number of nitrogens with zero attached hydrogens (tertiary/aromatic N) is 1. The number of hydrogen-bond donors (Lipinski definition) is 1. The van der Waals surface area contributed by atoms with Crippen LogP contribution in [0.2, 0.25) is 5.02 Å². The number of aliphatic hydroxyl groups is 1. The fourth-order valence-electron chi connectivity index (χ4n) is 3.41. The van der Waals surface area contributed by atoms with Gasteiger partial charge in [-0.3, -0.25) is 4.90 Å². The molecule has 0 aromatic heterocycles. The number of hydrogen-bond acceptors (Lipinski definition) is 2. The third kappa shape index (κ3) is 1.79. The summed E-state index contributed by atoms with van der Waals surface area (Å²) in [5.74, 6) is 0. The molecule has 2 atom stereocenters. The molecule has 2 aliphatic heterocycles. The Kier molecular flexibility index (Phi) is 2.89. The van der Waals surface area contributed by atoms with E-state index in [1.807, 2.05) is 24.3 Å². The normalized spacial score (nSPS) is 33.6. The molecule has 92 valence electrons. The molecule has 1 aromatic rings. The van der Waals surface area contributed by atoms with Gasteiger partial charge in [0, 0.05) is 23.2 Å². The van der Waals surface area contributed by atoms with E-state index in [0.717, 1.165) is 31.5 Å². The Balaban J connectivity index is 1.98. The van der Waals surface area contributed by atoms with Crippen LogP contribution in [0.1, 0.15) is 31.2 Å². The molecular formula is C14H18ClNO. The molecule has 0 aliphatic carbocycles. The number of benzene rings is 1. The van der Waals surface area contributed by atoms with Crippen molar-refractivity contribution in [3.63, 3.8) is 0 Å². The van der Waals surface area contributed by atoms with Gasteiger partial charge in [0.15, 0.2) is 0 Å². The third-order valence-corrected chi connectivity index (χ3v) is 4.61. The van der Waals surface area contributed by atoms with E-state index in [0.29, 0.717) is 5.02 Å². The fourth-order valence-corrected chi connectivity index (χ4v) is 3.71. The summed E-state index contributed by atoms with van der Waals surface area (Å²) >= 11 is 6.25. The standard InChI is InChI=1S/C14H18ClNO/c15-12-6-2-1-5-11(12)14(17)8-10-16-9-4-3-7-13(14)16/h1-2,5-6,13,17H,3-4,7-10H2. The molecule has 1 aromatic carbocycles. The van der Waals surface area contributed by atoms with Gasteiger partial charge in [-0.2, -0.15) is 0 Å². The molecule has 2 unspecified atom stereocenters. The minimum atomic E-state index is -0.737. The lowest BCUT2D eigenvalue weighted by molar-refractivity contribution is -0.0137. The van der Waals surface area contributed by atoms with Gasteiger partial charge in [0.1, 0.15) is 5.60 Å². The first-order valence-electron chi connectivity index (χ1n) is 6.43. The van der Waals surface area contributed by atoms with Gasteiger partial charge in [-0.05, 0) is 31.9 Å². The topological polar surface area (TPSA) is 23.5 Å². The second-order valence-electron chi connectivity index (χ2n) is 5.20. The Hall–Kier alpha value is -0.570. The van der Waals surface area contributed by atoms with Gasteiger partial charge in [0.05, 0.1) is 0 Å². The van der Waals surface area contributed by atoms with Crippen molar-refractivity contribution in [1.82, 2.24) is 4.90 Å². The van der Waals surface area contributed by atoms with Crippen molar-refractivity contribution in [3.8, 4) is 0 Å². The smallest absolute Gasteiger partial charge is 0.108 e. The van der Waals surface area contributed by atoms with Crippen LogP contribution in [0.5, 0.6) is 0 Å². The van der Waals surface area contributed by atoms with Crippen LogP contribution >= 0.6 is 11.6 Å². The van der Waals surface area contributed by atoms with Crippen LogP contribution in [-0.2, 0) is 5.60 Å². The Morgan fingerprint density at radius 2 is 2.06 bits per heavy atom. The zero-order chi connectivity index (χ0) is 11.9. The molecule has 0 saturated carbocycles. The zero-order valence-corrected chi connectivity index (χ0v) is 10.7. The summed E-state index contributed by atoms with van der Waals surface area (Å²) in [5.41, 5.74) is 0.176. The molecule has 0 bridgehead atoms. The van der Waals surface area contributed by atoms with Crippen LogP contribution < -0.4 is 0 Å². The van der Waals surface area contributed by atoms with Crippen LogP contribution in [0.4, 0.5) is 0 Å². The van der Waals surface area contributed by atoms with Gasteiger partial charge in [0.2, 0.25) is 0 Å². The summed E-state index contributed by atoms with van der Waals surface area (Å²) < 4.78 is 0. The van der Waals surface area contributed by atoms with Crippen molar-refractivity contribution >= 4 is 11.6 Å². The molecule has 2 saturated heterocycles. The molecule has 2 heterocycles. The number of rotatable bonds is 1. The second-order valence-corrected chi connectivity index (χ2v) is 5.61. The van der Waals surface area contributed by atoms with E-state index >= 15 is 0 Å². The minimum Gasteiger partial charge on any atom is -0.383 e. The van der Waals surface area contributed by atoms with E-state index in [1.165, 1.54) is 12.8 Å². The Labute approximate surface area is 107 Å². The van der Waals surface area contributed by atoms with E-state index in [2.05, 4.69) is 4.90 Å². The van der Waals surface area contributed by atoms with E-state index in [9.17, 15) is 5.11 Å². The average Bonchev–Trinajstić information content (AvgIpc) is 2.70. The van der Waals surface area contributed by atoms with E-state index in [1.54, 1.807) is 0 Å². The number of fused-ring (bicyclic) bond motifs is 1. The monoisotopic (exact) mass is 251 g/mol. The zero-order valence-electron chi connectivity index (χ0n) is 9.90. The number of halogens is 1. The maximum Gasteiger partial charge on any atom is 0.108 e. The van der Waals surface area contributed by atoms with Gasteiger partial charge in [-0.15, -0.1) is 0 Å². The Morgan fingerprint density at radius 1 is 1.24 bits per heavy atom. The maximum absolute atomic E-state index is 11.0. The van der Waals surface area contributed by atoms with E-state index in [-0.39, 0.29) is 6.04 Å². The molecule has 2 aliphatic rings. The van der Waals surface area contributed by atoms with Crippen molar-refractivity contribution < 1.29 is 5.11 Å². The highest BCUT2D eigenvalue weighted by molar-refractivity contribution is 6.31. The van der Waals surface area contributed by atoms with Crippen LogP contribution in [0.15, 0.2) is 24.3 Å². The molecule has 0 spiro atoms. The first kappa shape index (κ1) is 11.5. The van der Waals surface area contributed by atoms with Gasteiger partial charge < -0.3 is 5.11 Å². The predicted octanol–water partition coefficient (Wildman–Crippen LogP) is 2.79. The summed E-state index contributed by atoms with van der Waals surface area (Å²) in [6, 6.07) is 7.99. The average molecular weight is 252 g/mol. The summed E-state index contributed by atoms with van der Waals surface area (Å²) in [6.07, 6.45) is 4.37. The van der Waals surface area contributed by atoms with Gasteiger partial charge in [-0.1, -0.05) is 36.2 Å². The molecule has 1 N–H and O–H groups in total. The summed E-state index contributed by atoms with van der Waals surface area (Å²) in [5, 5.41) is 11.7. The van der Waals surface area contributed by atoms with Crippen molar-refractivity contribution in [2.45, 2.75) is 37.3 Å². The maximum atomic E-state index is 11.0. The lowest BCUT2D eigenvalue weighted by atomic mass is 9.83. The van der Waals surface area contributed by atoms with Gasteiger partial charge >= 0.3 is 0 Å². The van der Waals surface area contributed by atoms with Crippen LogP contribution in [0.3, 0.4) is 0 Å². The minimum absolute atomic E-state index is 0.260. The lowest BCUT2D eigenvalue weighted by Gasteiger charge is -2.38. The van der Waals surface area contributed by atoms with Crippen LogP contribution in [0, 0.1) is 0 Å². The SMILES string of the molecule is OC1(c2ccccc2Cl)CCN2CCCCC21. The summed E-state index contributed by atoms with van der Waals surface area (Å²) in [7, 11) is 0. The highest BCUT2D eigenvalue weighted by atomic mass is 35.5. The molecule has 0 radical (unpaired) electrons. The molecular weight excluding hydrogens is 234 g/mol. The fraction of sp³-hybridized carbons (Fsp3) is 0.571. The van der Waals surface area contributed by atoms with Crippen molar-refractivity contribution in [2.75, 3.05) is 13.1 Å². The third-order valence-electron chi connectivity index (χ3n) is 4.29.